The number of nitrogens with two attached hydrogens (primary N) is 1. The molecular weight excluding hydrogens is 317 g/mol. The van der Waals surface area contributed by atoms with Crippen molar-refractivity contribution in [3.8, 4) is 11.3 Å². The summed E-state index contributed by atoms with van der Waals surface area (Å²) < 4.78 is 20.2. The van der Waals surface area contributed by atoms with Crippen molar-refractivity contribution in [3.63, 3.8) is 0 Å². The van der Waals surface area contributed by atoms with Crippen LogP contribution in [-0.2, 0) is 11.2 Å². The van der Waals surface area contributed by atoms with E-state index in [2.05, 4.69) is 16.5 Å². The minimum atomic E-state index is -0.480. The third kappa shape index (κ3) is 2.94. The number of fused-ring (bicyclic) bond motifs is 1. The molecule has 0 saturated heterocycles. The van der Waals surface area contributed by atoms with E-state index in [0.717, 1.165) is 11.3 Å². The van der Waals surface area contributed by atoms with Crippen LogP contribution in [0.1, 0.15) is 36.9 Å². The first-order valence-electron chi connectivity index (χ1n) is 7.32. The molecule has 3 rings (SSSR count). The Morgan fingerprint density at radius 3 is 2.83 bits per heavy atom. The van der Waals surface area contributed by atoms with Gasteiger partial charge in [0, 0.05) is 18.2 Å². The molecule has 0 bridgehead atoms. The van der Waals surface area contributed by atoms with Gasteiger partial charge in [-0.05, 0) is 31.5 Å². The lowest BCUT2D eigenvalue weighted by atomic mass is 9.92. The fourth-order valence-corrected chi connectivity index (χ4v) is 3.02. The van der Waals surface area contributed by atoms with Crippen LogP contribution in [0.2, 0.25) is 5.02 Å². The minimum Gasteiger partial charge on any atom is -0.397 e. The van der Waals surface area contributed by atoms with Crippen LogP contribution < -0.4 is 5.73 Å². The summed E-state index contributed by atoms with van der Waals surface area (Å²) in [6.45, 7) is 7.62. The Morgan fingerprint density at radius 2 is 2.17 bits per heavy atom. The van der Waals surface area contributed by atoms with Gasteiger partial charge in [0.2, 0.25) is 0 Å². The van der Waals surface area contributed by atoms with Gasteiger partial charge in [0.25, 0.3) is 0 Å². The zero-order valence-corrected chi connectivity index (χ0v) is 13.7. The second kappa shape index (κ2) is 5.91. The van der Waals surface area contributed by atoms with E-state index in [0.29, 0.717) is 23.4 Å². The first-order chi connectivity index (χ1) is 10.9. The van der Waals surface area contributed by atoms with Crippen molar-refractivity contribution >= 4 is 17.3 Å². The highest BCUT2D eigenvalue weighted by molar-refractivity contribution is 6.30. The quantitative estimate of drug-likeness (QED) is 0.905. The molecule has 1 aliphatic heterocycles. The van der Waals surface area contributed by atoms with Gasteiger partial charge in [0.1, 0.15) is 5.69 Å². The highest BCUT2D eigenvalue weighted by Crippen LogP contribution is 2.37. The molecule has 120 valence electrons. The number of rotatable bonds is 2. The summed E-state index contributed by atoms with van der Waals surface area (Å²) in [6.07, 6.45) is 1.86. The van der Waals surface area contributed by atoms with Crippen LogP contribution in [0.4, 0.5) is 4.39 Å². The van der Waals surface area contributed by atoms with Crippen LogP contribution >= 0.6 is 11.6 Å². The topological polar surface area (TPSA) is 61.0 Å². The Balaban J connectivity index is 2.28. The lowest BCUT2D eigenvalue weighted by molar-refractivity contribution is -0.00737. The summed E-state index contributed by atoms with van der Waals surface area (Å²) in [5.74, 6) is -0.480. The highest BCUT2D eigenvalue weighted by atomic mass is 35.5. The number of halogens is 2. The molecule has 0 saturated carbocycles. The molecule has 6 heteroatoms. The van der Waals surface area contributed by atoms with Crippen LogP contribution in [-0.4, -0.2) is 16.1 Å². The van der Waals surface area contributed by atoms with Gasteiger partial charge in [-0.3, -0.25) is 4.98 Å². The number of nitrogens with zero attached hydrogens (tertiary/aromatic N) is 2. The van der Waals surface area contributed by atoms with Crippen LogP contribution in [0, 0.1) is 5.82 Å². The molecule has 0 unspecified atom stereocenters. The fourth-order valence-electron chi connectivity index (χ4n) is 2.88. The molecule has 0 radical (unpaired) electrons. The van der Waals surface area contributed by atoms with Gasteiger partial charge in [-0.1, -0.05) is 18.2 Å². The second-order valence-corrected chi connectivity index (χ2v) is 6.16. The largest absolute Gasteiger partial charge is 0.397 e. The van der Waals surface area contributed by atoms with Crippen molar-refractivity contribution in [2.24, 2.45) is 5.73 Å². The summed E-state index contributed by atoms with van der Waals surface area (Å²) in [5, 5.41) is 0.253. The van der Waals surface area contributed by atoms with E-state index in [-0.39, 0.29) is 22.9 Å². The second-order valence-electron chi connectivity index (χ2n) is 5.72. The first-order valence-corrected chi connectivity index (χ1v) is 7.70. The average molecular weight is 334 g/mol. The van der Waals surface area contributed by atoms with Crippen LogP contribution in [0.25, 0.3) is 17.0 Å². The molecule has 2 atom stereocenters. The minimum absolute atomic E-state index is 0.0142. The van der Waals surface area contributed by atoms with Gasteiger partial charge < -0.3 is 10.5 Å². The normalized spacial score (nSPS) is 20.2. The Morgan fingerprint density at radius 1 is 1.43 bits per heavy atom. The number of hydrogen-bond acceptors (Lipinski definition) is 4. The monoisotopic (exact) mass is 333 g/mol. The van der Waals surface area contributed by atoms with Gasteiger partial charge in [0.05, 0.1) is 34.3 Å². The Kier molecular flexibility index (Phi) is 4.08. The van der Waals surface area contributed by atoms with Crippen molar-refractivity contribution in [2.45, 2.75) is 32.5 Å². The zero-order valence-electron chi connectivity index (χ0n) is 12.9. The number of ether oxygens (including phenoxy) is 1. The summed E-state index contributed by atoms with van der Waals surface area (Å²) in [7, 11) is 0. The Labute approximate surface area is 139 Å². The lowest BCUT2D eigenvalue weighted by Crippen LogP contribution is -2.25. The molecule has 0 aliphatic carbocycles. The Hall–Kier alpha value is -1.98. The zero-order chi connectivity index (χ0) is 16.7. The molecule has 3 heterocycles. The van der Waals surface area contributed by atoms with Crippen molar-refractivity contribution in [2.75, 3.05) is 0 Å². The van der Waals surface area contributed by atoms with Crippen molar-refractivity contribution in [3.05, 3.63) is 52.7 Å². The molecule has 23 heavy (non-hydrogen) atoms. The van der Waals surface area contributed by atoms with Gasteiger partial charge in [-0.2, -0.15) is 0 Å². The van der Waals surface area contributed by atoms with Crippen LogP contribution in [0.3, 0.4) is 0 Å². The number of hydrogen-bond donors (Lipinski definition) is 1. The van der Waals surface area contributed by atoms with E-state index in [9.17, 15) is 4.39 Å². The van der Waals surface area contributed by atoms with E-state index < -0.39 is 5.82 Å². The molecule has 2 aromatic heterocycles. The van der Waals surface area contributed by atoms with Crippen molar-refractivity contribution < 1.29 is 9.13 Å². The first kappa shape index (κ1) is 15.9. The van der Waals surface area contributed by atoms with E-state index >= 15 is 0 Å². The molecule has 0 amide bonds. The van der Waals surface area contributed by atoms with E-state index in [1.807, 2.05) is 13.8 Å². The maximum absolute atomic E-state index is 14.4. The van der Waals surface area contributed by atoms with Gasteiger partial charge in [-0.25, -0.2) is 9.37 Å². The maximum Gasteiger partial charge on any atom is 0.150 e. The smallest absolute Gasteiger partial charge is 0.150 e. The SMILES string of the molecule is C=C(N)c1cc(-c2ncc(Cl)cc2F)c2c(n1)[C@@H](C)O[C@@H](C)C2. The summed E-state index contributed by atoms with van der Waals surface area (Å²) in [5.41, 5.74) is 9.18. The predicted molar refractivity (Wildman–Crippen MR) is 88.3 cm³/mol. The van der Waals surface area contributed by atoms with E-state index in [4.69, 9.17) is 22.1 Å². The standard InChI is InChI=1S/C17H17ClFN3O/c1-8-4-12-13(17-14(19)5-11(18)7-21-17)6-15(9(2)20)22-16(12)10(3)23-8/h5-8,10H,2,4,20H2,1,3H3/t8-,10+/m0/s1. The summed E-state index contributed by atoms with van der Waals surface area (Å²) >= 11 is 5.81. The van der Waals surface area contributed by atoms with Crippen molar-refractivity contribution in [1.82, 2.24) is 9.97 Å². The molecule has 0 spiro atoms. The van der Waals surface area contributed by atoms with Gasteiger partial charge in [-0.15, -0.1) is 0 Å². The molecule has 4 nitrogen and oxygen atoms in total. The average Bonchev–Trinajstić information content (AvgIpc) is 2.46. The fraction of sp³-hybridized carbons (Fsp3) is 0.294. The number of pyridine rings is 2. The molecule has 0 aromatic carbocycles. The van der Waals surface area contributed by atoms with E-state index in [1.54, 1.807) is 6.07 Å². The molecule has 2 aromatic rings. The number of aromatic nitrogens is 2. The third-order valence-electron chi connectivity index (χ3n) is 3.86. The third-order valence-corrected chi connectivity index (χ3v) is 4.07. The lowest BCUT2D eigenvalue weighted by Gasteiger charge is -2.29. The van der Waals surface area contributed by atoms with Crippen molar-refractivity contribution in [1.29, 1.82) is 0 Å². The molecule has 1 aliphatic rings. The summed E-state index contributed by atoms with van der Waals surface area (Å²) in [6, 6.07) is 2.98. The highest BCUT2D eigenvalue weighted by Gasteiger charge is 2.28. The van der Waals surface area contributed by atoms with E-state index in [1.165, 1.54) is 12.3 Å². The Bertz CT molecular complexity index is 794. The maximum atomic E-state index is 14.4. The van der Waals surface area contributed by atoms with Crippen LogP contribution in [0.5, 0.6) is 0 Å². The van der Waals surface area contributed by atoms with Gasteiger partial charge in [0.15, 0.2) is 5.82 Å². The molecule has 2 N–H and O–H groups in total. The predicted octanol–water partition coefficient (Wildman–Crippen LogP) is 3.89. The molecular formula is C17H17ClFN3O. The molecule has 0 fully saturated rings. The van der Waals surface area contributed by atoms with Crippen LogP contribution in [0.15, 0.2) is 24.9 Å². The van der Waals surface area contributed by atoms with Gasteiger partial charge >= 0.3 is 0 Å². The summed E-state index contributed by atoms with van der Waals surface area (Å²) in [4.78, 5) is 8.70.